The molecule has 1 aliphatic rings. The highest BCUT2D eigenvalue weighted by molar-refractivity contribution is 5.85. The molecule has 1 amide bonds. The zero-order valence-corrected chi connectivity index (χ0v) is 25.8. The van der Waals surface area contributed by atoms with E-state index in [1.54, 1.807) is 41.1 Å². The van der Waals surface area contributed by atoms with Crippen molar-refractivity contribution in [3.05, 3.63) is 90.4 Å². The van der Waals surface area contributed by atoms with Gasteiger partial charge in [-0.2, -0.15) is 18.3 Å². The first kappa shape index (κ1) is 30.4. The van der Waals surface area contributed by atoms with Crippen LogP contribution < -0.4 is 4.74 Å². The average Bonchev–Trinajstić information content (AvgIpc) is 3.77. The van der Waals surface area contributed by atoms with Gasteiger partial charge in [0.25, 0.3) is 0 Å². The minimum atomic E-state index is -4.74. The standard InChI is InChI=1S/C33H32F3N9O2/c1-42-13-11-22(41-42)19-43-14-12-28(30-37-18-26(38-30)23-17-21-7-3-4-8-24(21)39-31(23)47-2)44(16-15-43)29(46)20-45-27-10-6-5-9-25(27)40-32(45)33(34,35)36/h3-11,13,17-18,28H,12,14-16,19-20H2,1-2H3,(H,37,38). The number of ether oxygens (including phenoxy) is 1. The molecule has 1 fully saturated rings. The van der Waals surface area contributed by atoms with Crippen LogP contribution in [0.3, 0.4) is 0 Å². The minimum absolute atomic E-state index is 0.176. The number of alkyl halides is 3. The van der Waals surface area contributed by atoms with E-state index in [1.165, 1.54) is 6.07 Å². The van der Waals surface area contributed by atoms with Crippen molar-refractivity contribution in [1.29, 1.82) is 0 Å². The number of hydrogen-bond acceptors (Lipinski definition) is 7. The van der Waals surface area contributed by atoms with Crippen LogP contribution in [0, 0.1) is 0 Å². The van der Waals surface area contributed by atoms with Crippen LogP contribution in [0.25, 0.3) is 33.2 Å². The van der Waals surface area contributed by atoms with E-state index < -0.39 is 30.5 Å². The molecule has 0 radical (unpaired) electrons. The predicted molar refractivity (Wildman–Crippen MR) is 168 cm³/mol. The molecule has 14 heteroatoms. The topological polar surface area (TPSA) is 110 Å². The SMILES string of the molecule is COc1nc2ccccc2cc1-c1cnc(C2CCN(Cc3ccn(C)n3)CCN2C(=O)Cn2c(C(F)(F)F)nc3ccccc32)[nH]1. The van der Waals surface area contributed by atoms with Crippen molar-refractivity contribution in [2.24, 2.45) is 7.05 Å². The third-order valence-electron chi connectivity index (χ3n) is 8.51. The van der Waals surface area contributed by atoms with Crippen molar-refractivity contribution in [1.82, 2.24) is 44.1 Å². The number of fused-ring (bicyclic) bond motifs is 2. The summed E-state index contributed by atoms with van der Waals surface area (Å²) in [5, 5.41) is 5.41. The lowest BCUT2D eigenvalue weighted by Gasteiger charge is -2.29. The van der Waals surface area contributed by atoms with Crippen LogP contribution in [0.15, 0.2) is 73.1 Å². The second kappa shape index (κ2) is 12.2. The van der Waals surface area contributed by atoms with Gasteiger partial charge in [0.1, 0.15) is 12.4 Å². The van der Waals surface area contributed by atoms with Crippen molar-refractivity contribution in [2.75, 3.05) is 26.7 Å². The second-order valence-electron chi connectivity index (χ2n) is 11.6. The Balaban J connectivity index is 1.23. The Morgan fingerprint density at radius 3 is 2.57 bits per heavy atom. The van der Waals surface area contributed by atoms with Gasteiger partial charge in [-0.25, -0.2) is 15.0 Å². The molecule has 1 aliphatic heterocycles. The summed E-state index contributed by atoms with van der Waals surface area (Å²) in [5.41, 5.74) is 3.44. The minimum Gasteiger partial charge on any atom is -0.480 e. The molecule has 5 heterocycles. The summed E-state index contributed by atoms with van der Waals surface area (Å²) >= 11 is 0. The number of aryl methyl sites for hydroxylation is 1. The van der Waals surface area contributed by atoms with Crippen molar-refractivity contribution < 1.29 is 22.7 Å². The van der Waals surface area contributed by atoms with Crippen LogP contribution >= 0.6 is 0 Å². The molecule has 0 aliphatic carbocycles. The number of para-hydroxylation sites is 3. The Hall–Kier alpha value is -5.24. The molecule has 4 aromatic heterocycles. The van der Waals surface area contributed by atoms with Gasteiger partial charge in [0.05, 0.1) is 52.8 Å². The molecule has 0 bridgehead atoms. The highest BCUT2D eigenvalue weighted by Gasteiger charge is 2.39. The van der Waals surface area contributed by atoms with Gasteiger partial charge >= 0.3 is 6.18 Å². The summed E-state index contributed by atoms with van der Waals surface area (Å²) in [6.07, 6.45) is -0.691. The molecule has 2 aromatic carbocycles. The van der Waals surface area contributed by atoms with E-state index in [4.69, 9.17) is 9.72 Å². The number of halogens is 3. The summed E-state index contributed by atoms with van der Waals surface area (Å²) in [4.78, 5) is 34.5. The highest BCUT2D eigenvalue weighted by Crippen LogP contribution is 2.35. The second-order valence-corrected chi connectivity index (χ2v) is 11.6. The Labute approximate surface area is 267 Å². The molecular weight excluding hydrogens is 611 g/mol. The molecule has 1 N–H and O–H groups in total. The van der Waals surface area contributed by atoms with Gasteiger partial charge in [0, 0.05) is 44.8 Å². The molecule has 0 saturated carbocycles. The molecule has 242 valence electrons. The van der Waals surface area contributed by atoms with E-state index in [9.17, 15) is 18.0 Å². The Morgan fingerprint density at radius 2 is 1.81 bits per heavy atom. The first-order valence-corrected chi connectivity index (χ1v) is 15.2. The normalized spacial score (nSPS) is 16.2. The van der Waals surface area contributed by atoms with Gasteiger partial charge in [0.15, 0.2) is 0 Å². The van der Waals surface area contributed by atoms with Crippen LogP contribution in [0.1, 0.15) is 29.8 Å². The van der Waals surface area contributed by atoms with Crippen LogP contribution in [0.4, 0.5) is 13.2 Å². The number of nitrogens with one attached hydrogen (secondary N) is 1. The predicted octanol–water partition coefficient (Wildman–Crippen LogP) is 5.21. The zero-order chi connectivity index (χ0) is 32.7. The summed E-state index contributed by atoms with van der Waals surface area (Å²) in [6.45, 7) is 1.45. The number of benzene rings is 2. The van der Waals surface area contributed by atoms with E-state index in [0.29, 0.717) is 49.0 Å². The number of carbonyl (C=O) groups excluding carboxylic acids is 1. The smallest absolute Gasteiger partial charge is 0.449 e. The fourth-order valence-electron chi connectivity index (χ4n) is 6.26. The fraction of sp³-hybridized carbons (Fsp3) is 0.303. The number of aromatic nitrogens is 7. The van der Waals surface area contributed by atoms with Crippen LogP contribution in [-0.4, -0.2) is 76.7 Å². The number of methoxy groups -OCH3 is 1. The summed E-state index contributed by atoms with van der Waals surface area (Å²) in [5.74, 6) is -0.631. The molecule has 1 unspecified atom stereocenters. The third-order valence-corrected chi connectivity index (χ3v) is 8.51. The third kappa shape index (κ3) is 6.03. The number of rotatable bonds is 7. The lowest BCUT2D eigenvalue weighted by Crippen LogP contribution is -2.39. The Kier molecular flexibility index (Phi) is 7.88. The van der Waals surface area contributed by atoms with Gasteiger partial charge in [-0.1, -0.05) is 30.3 Å². The molecule has 47 heavy (non-hydrogen) atoms. The van der Waals surface area contributed by atoms with Crippen molar-refractivity contribution in [3.63, 3.8) is 0 Å². The monoisotopic (exact) mass is 643 g/mol. The number of hydrogen-bond donors (Lipinski definition) is 1. The number of imidazole rings is 2. The first-order valence-electron chi connectivity index (χ1n) is 15.2. The van der Waals surface area contributed by atoms with Crippen LogP contribution in [0.5, 0.6) is 5.88 Å². The maximum Gasteiger partial charge on any atom is 0.449 e. The molecule has 1 saturated heterocycles. The number of amides is 1. The first-order chi connectivity index (χ1) is 22.7. The number of nitrogens with zero attached hydrogens (tertiary/aromatic N) is 8. The number of pyridine rings is 1. The van der Waals surface area contributed by atoms with Gasteiger partial charge in [-0.3, -0.25) is 14.4 Å². The van der Waals surface area contributed by atoms with E-state index >= 15 is 0 Å². The average molecular weight is 644 g/mol. The highest BCUT2D eigenvalue weighted by atomic mass is 19.4. The molecule has 11 nitrogen and oxygen atoms in total. The molecule has 7 rings (SSSR count). The van der Waals surface area contributed by atoms with E-state index in [0.717, 1.165) is 21.2 Å². The van der Waals surface area contributed by atoms with Gasteiger partial charge in [-0.15, -0.1) is 0 Å². The van der Waals surface area contributed by atoms with Gasteiger partial charge < -0.3 is 19.2 Å². The van der Waals surface area contributed by atoms with E-state index in [2.05, 4.69) is 25.0 Å². The molecule has 0 spiro atoms. The summed E-state index contributed by atoms with van der Waals surface area (Å²) in [6, 6.07) is 17.4. The van der Waals surface area contributed by atoms with Crippen molar-refractivity contribution >= 4 is 27.8 Å². The molecule has 6 aromatic rings. The van der Waals surface area contributed by atoms with Crippen LogP contribution in [0.2, 0.25) is 0 Å². The van der Waals surface area contributed by atoms with E-state index in [-0.39, 0.29) is 17.6 Å². The van der Waals surface area contributed by atoms with Gasteiger partial charge in [0.2, 0.25) is 17.6 Å². The van der Waals surface area contributed by atoms with Crippen molar-refractivity contribution in [3.8, 4) is 17.1 Å². The largest absolute Gasteiger partial charge is 0.480 e. The number of aromatic amines is 1. The summed E-state index contributed by atoms with van der Waals surface area (Å²) in [7, 11) is 3.40. The Bertz CT molecular complexity index is 2070. The number of H-pyrrole nitrogens is 1. The van der Waals surface area contributed by atoms with E-state index in [1.807, 2.05) is 49.6 Å². The number of carbonyl (C=O) groups is 1. The lowest BCUT2D eigenvalue weighted by atomic mass is 10.1. The summed E-state index contributed by atoms with van der Waals surface area (Å²) < 4.78 is 50.7. The molecule has 1 atom stereocenters. The van der Waals surface area contributed by atoms with Crippen LogP contribution in [-0.2, 0) is 31.1 Å². The lowest BCUT2D eigenvalue weighted by molar-refractivity contribution is -0.148. The Morgan fingerprint density at radius 1 is 1.02 bits per heavy atom. The van der Waals surface area contributed by atoms with Crippen molar-refractivity contribution in [2.45, 2.75) is 31.7 Å². The quantitative estimate of drug-likeness (QED) is 0.254. The molecular formula is C33H32F3N9O2. The maximum atomic E-state index is 14.1. The fourth-order valence-corrected chi connectivity index (χ4v) is 6.26. The maximum absolute atomic E-state index is 14.1. The van der Waals surface area contributed by atoms with Gasteiger partial charge in [-0.05, 0) is 36.8 Å². The zero-order valence-electron chi connectivity index (χ0n) is 25.8.